The Morgan fingerprint density at radius 1 is 1.10 bits per heavy atom. The van der Waals surface area contributed by atoms with E-state index in [0.717, 1.165) is 30.9 Å². The molecule has 0 spiro atoms. The highest BCUT2D eigenvalue weighted by atomic mass is 16.5. The Morgan fingerprint density at radius 2 is 1.70 bits per heavy atom. The van der Waals surface area contributed by atoms with E-state index in [2.05, 4.69) is 6.92 Å². The van der Waals surface area contributed by atoms with E-state index in [1.165, 1.54) is 25.7 Å². The van der Waals surface area contributed by atoms with Gasteiger partial charge in [-0.1, -0.05) is 32.6 Å². The molecule has 0 aromatic heterocycles. The maximum absolute atomic E-state index is 9.99. The highest BCUT2D eigenvalue weighted by molar-refractivity contribution is 5.31. The van der Waals surface area contributed by atoms with Crippen molar-refractivity contribution in [3.63, 3.8) is 0 Å². The van der Waals surface area contributed by atoms with E-state index < -0.39 is 0 Å². The van der Waals surface area contributed by atoms with E-state index in [4.69, 9.17) is 9.47 Å². The zero-order valence-electron chi connectivity index (χ0n) is 12.4. The summed E-state index contributed by atoms with van der Waals surface area (Å²) >= 11 is 0. The average molecular weight is 278 g/mol. The first-order chi connectivity index (χ1) is 9.78. The molecule has 0 radical (unpaired) electrons. The third kappa shape index (κ3) is 5.04. The molecule has 0 heterocycles. The van der Waals surface area contributed by atoms with E-state index in [1.807, 2.05) is 24.3 Å². The second-order valence-corrected chi connectivity index (χ2v) is 5.67. The molecule has 0 bridgehead atoms. The van der Waals surface area contributed by atoms with Crippen LogP contribution in [0, 0.1) is 5.92 Å². The van der Waals surface area contributed by atoms with Crippen molar-refractivity contribution in [2.24, 2.45) is 5.92 Å². The fraction of sp³-hybridized carbons (Fsp3) is 0.647. The van der Waals surface area contributed by atoms with Crippen molar-refractivity contribution < 1.29 is 14.6 Å². The molecule has 112 valence electrons. The van der Waals surface area contributed by atoms with E-state index in [1.54, 1.807) is 0 Å². The van der Waals surface area contributed by atoms with Crippen molar-refractivity contribution in [2.75, 3.05) is 13.2 Å². The summed E-state index contributed by atoms with van der Waals surface area (Å²) < 4.78 is 11.2. The number of hydrogen-bond donors (Lipinski definition) is 1. The molecule has 1 N–H and O–H groups in total. The number of benzene rings is 1. The predicted octanol–water partition coefficient (Wildman–Crippen LogP) is 3.80. The zero-order chi connectivity index (χ0) is 14.2. The second kappa shape index (κ2) is 8.15. The maximum atomic E-state index is 9.99. The van der Waals surface area contributed by atoms with Gasteiger partial charge in [0, 0.05) is 0 Å². The summed E-state index contributed by atoms with van der Waals surface area (Å²) in [7, 11) is 0. The molecule has 1 saturated carbocycles. The second-order valence-electron chi connectivity index (χ2n) is 5.67. The van der Waals surface area contributed by atoms with Crippen LogP contribution in [-0.2, 0) is 0 Å². The van der Waals surface area contributed by atoms with Crippen molar-refractivity contribution in [3.05, 3.63) is 24.3 Å². The number of aliphatic hydroxyl groups is 1. The summed E-state index contributed by atoms with van der Waals surface area (Å²) in [6.45, 7) is 3.20. The highest BCUT2D eigenvalue weighted by Crippen LogP contribution is 2.28. The van der Waals surface area contributed by atoms with Crippen LogP contribution in [0.25, 0.3) is 0 Å². The number of rotatable bonds is 8. The Hall–Kier alpha value is -1.22. The molecule has 1 fully saturated rings. The van der Waals surface area contributed by atoms with Gasteiger partial charge < -0.3 is 14.6 Å². The van der Waals surface area contributed by atoms with Gasteiger partial charge in [0.15, 0.2) is 0 Å². The van der Waals surface area contributed by atoms with Crippen LogP contribution in [0.2, 0.25) is 0 Å². The van der Waals surface area contributed by atoms with Gasteiger partial charge >= 0.3 is 0 Å². The monoisotopic (exact) mass is 278 g/mol. The van der Waals surface area contributed by atoms with Crippen molar-refractivity contribution in [1.29, 1.82) is 0 Å². The first kappa shape index (κ1) is 15.2. The molecule has 1 aliphatic carbocycles. The lowest BCUT2D eigenvalue weighted by atomic mass is 10.0. The topological polar surface area (TPSA) is 38.7 Å². The summed E-state index contributed by atoms with van der Waals surface area (Å²) in [5.41, 5.74) is 0. The molecule has 3 heteroatoms. The molecule has 0 aliphatic heterocycles. The maximum Gasteiger partial charge on any atom is 0.119 e. The van der Waals surface area contributed by atoms with Crippen molar-refractivity contribution in [1.82, 2.24) is 0 Å². The van der Waals surface area contributed by atoms with Crippen LogP contribution in [0.4, 0.5) is 0 Å². The van der Waals surface area contributed by atoms with Crippen molar-refractivity contribution in [3.8, 4) is 11.5 Å². The molecule has 1 atom stereocenters. The normalized spacial score (nSPS) is 17.1. The fourth-order valence-electron chi connectivity index (χ4n) is 2.74. The fourth-order valence-corrected chi connectivity index (χ4v) is 2.74. The molecule has 0 amide bonds. The minimum atomic E-state index is -0.353. The van der Waals surface area contributed by atoms with E-state index in [0.29, 0.717) is 12.5 Å². The molecule has 1 aromatic carbocycles. The van der Waals surface area contributed by atoms with Gasteiger partial charge in [-0.05, 0) is 43.0 Å². The van der Waals surface area contributed by atoms with Crippen LogP contribution < -0.4 is 9.47 Å². The molecule has 20 heavy (non-hydrogen) atoms. The lowest BCUT2D eigenvalue weighted by molar-refractivity contribution is 0.0855. The smallest absolute Gasteiger partial charge is 0.119 e. The molecular weight excluding hydrogens is 252 g/mol. The lowest BCUT2D eigenvalue weighted by Gasteiger charge is -2.16. The lowest BCUT2D eigenvalue weighted by Crippen LogP contribution is -2.20. The summed E-state index contributed by atoms with van der Waals surface area (Å²) in [4.78, 5) is 0. The van der Waals surface area contributed by atoms with E-state index in [9.17, 15) is 5.11 Å². The highest BCUT2D eigenvalue weighted by Gasteiger charge is 2.19. The first-order valence-electron chi connectivity index (χ1n) is 7.81. The minimum Gasteiger partial charge on any atom is -0.494 e. The molecular formula is C17H26O3. The Labute approximate surface area is 121 Å². The van der Waals surface area contributed by atoms with Crippen LogP contribution in [0.1, 0.15) is 45.4 Å². The van der Waals surface area contributed by atoms with Gasteiger partial charge in [0.2, 0.25) is 0 Å². The number of hydrogen-bond acceptors (Lipinski definition) is 3. The summed E-state index contributed by atoms with van der Waals surface area (Å²) in [6, 6.07) is 7.61. The van der Waals surface area contributed by atoms with Crippen molar-refractivity contribution in [2.45, 2.75) is 51.6 Å². The van der Waals surface area contributed by atoms with Gasteiger partial charge in [-0.25, -0.2) is 0 Å². The Balaban J connectivity index is 1.69. The summed E-state index contributed by atoms with van der Waals surface area (Å²) in [5, 5.41) is 9.99. The van der Waals surface area contributed by atoms with E-state index in [-0.39, 0.29) is 6.10 Å². The predicted molar refractivity (Wildman–Crippen MR) is 80.3 cm³/mol. The number of ether oxygens (including phenoxy) is 2. The zero-order valence-corrected chi connectivity index (χ0v) is 12.4. The van der Waals surface area contributed by atoms with Crippen LogP contribution in [0.5, 0.6) is 11.5 Å². The SMILES string of the molecule is CCCOc1ccc(OCC(O)CC2CCCC2)cc1. The Kier molecular flexibility index (Phi) is 6.19. The van der Waals surface area contributed by atoms with Gasteiger partial charge in [0.25, 0.3) is 0 Å². The summed E-state index contributed by atoms with van der Waals surface area (Å²) in [5.74, 6) is 2.35. The van der Waals surface area contributed by atoms with Crippen LogP contribution >= 0.6 is 0 Å². The average Bonchev–Trinajstić information content (AvgIpc) is 2.97. The molecule has 1 aromatic rings. The third-order valence-electron chi connectivity index (χ3n) is 3.82. The van der Waals surface area contributed by atoms with Crippen LogP contribution in [0.15, 0.2) is 24.3 Å². The minimum absolute atomic E-state index is 0.353. The molecule has 1 unspecified atom stereocenters. The Bertz CT molecular complexity index is 368. The number of aliphatic hydroxyl groups excluding tert-OH is 1. The van der Waals surface area contributed by atoms with Gasteiger partial charge in [0.1, 0.15) is 18.1 Å². The molecule has 2 rings (SSSR count). The Morgan fingerprint density at radius 3 is 2.30 bits per heavy atom. The van der Waals surface area contributed by atoms with Gasteiger partial charge in [-0.15, -0.1) is 0 Å². The standard InChI is InChI=1S/C17H26O3/c1-2-11-19-16-7-9-17(10-8-16)20-13-15(18)12-14-5-3-4-6-14/h7-10,14-15,18H,2-6,11-13H2,1H3. The van der Waals surface area contributed by atoms with Crippen LogP contribution in [0.3, 0.4) is 0 Å². The van der Waals surface area contributed by atoms with Crippen molar-refractivity contribution >= 4 is 0 Å². The van der Waals surface area contributed by atoms with Gasteiger partial charge in [-0.3, -0.25) is 0 Å². The van der Waals surface area contributed by atoms with Crippen LogP contribution in [-0.4, -0.2) is 24.4 Å². The molecule has 3 nitrogen and oxygen atoms in total. The quantitative estimate of drug-likeness (QED) is 0.786. The van der Waals surface area contributed by atoms with Gasteiger partial charge in [0.05, 0.1) is 12.7 Å². The largest absolute Gasteiger partial charge is 0.494 e. The first-order valence-corrected chi connectivity index (χ1v) is 7.81. The molecule has 1 aliphatic rings. The summed E-state index contributed by atoms with van der Waals surface area (Å²) in [6.07, 6.45) is 6.69. The third-order valence-corrected chi connectivity index (χ3v) is 3.82. The van der Waals surface area contributed by atoms with Gasteiger partial charge in [-0.2, -0.15) is 0 Å². The molecule has 0 saturated heterocycles. The van der Waals surface area contributed by atoms with E-state index >= 15 is 0 Å².